The van der Waals surface area contributed by atoms with Crippen LogP contribution in [0.5, 0.6) is 0 Å². The van der Waals surface area contributed by atoms with Gasteiger partial charge in [0.2, 0.25) is 0 Å². The highest BCUT2D eigenvalue weighted by Gasteiger charge is 2.15. The van der Waals surface area contributed by atoms with Crippen molar-refractivity contribution in [1.29, 1.82) is 0 Å². The molecule has 0 bridgehead atoms. The lowest BCUT2D eigenvalue weighted by Gasteiger charge is -2.11. The number of esters is 1. The Morgan fingerprint density at radius 3 is 2.31 bits per heavy atom. The van der Waals surface area contributed by atoms with Gasteiger partial charge in [0, 0.05) is 30.1 Å². The number of ether oxygens (including phenoxy) is 1. The highest BCUT2D eigenvalue weighted by molar-refractivity contribution is 5.89. The largest absolute Gasteiger partial charge is 0.459 e. The molecule has 0 spiro atoms. The lowest BCUT2D eigenvalue weighted by Crippen LogP contribution is -2.20. The van der Waals surface area contributed by atoms with E-state index in [0.29, 0.717) is 12.0 Å². The van der Waals surface area contributed by atoms with E-state index in [1.54, 1.807) is 24.3 Å². The van der Waals surface area contributed by atoms with Gasteiger partial charge >= 0.3 is 5.97 Å². The van der Waals surface area contributed by atoms with E-state index in [1.165, 1.54) is 5.56 Å². The molecule has 3 aromatic carbocycles. The molecule has 0 aliphatic heterocycles. The fourth-order valence-corrected chi connectivity index (χ4v) is 3.54. The third-order valence-corrected chi connectivity index (χ3v) is 4.94. The number of carbonyl (C=O) groups is 1. The molecular weight excluding hydrogens is 362 g/mol. The fraction of sp³-hybridized carbons (Fsp3) is 0.160. The molecular formula is C25H23NO3. The van der Waals surface area contributed by atoms with Crippen molar-refractivity contribution < 1.29 is 14.6 Å². The van der Waals surface area contributed by atoms with Crippen molar-refractivity contribution in [1.82, 2.24) is 4.57 Å². The SMILES string of the molecule is O=C(OCC(O)Cc1cn(Cc2ccccc2)c2ccccc12)c1ccccc1. The standard InChI is InChI=1S/C25H23NO3/c27-22(18-29-25(28)20-11-5-2-6-12-20)15-21-17-26(16-19-9-3-1-4-10-19)24-14-8-7-13-23(21)24/h1-14,17,22,27H,15-16,18H2. The van der Waals surface area contributed by atoms with E-state index in [1.807, 2.05) is 36.4 Å². The number of aliphatic hydroxyl groups excluding tert-OH is 1. The summed E-state index contributed by atoms with van der Waals surface area (Å²) in [5.41, 5.74) is 3.87. The molecule has 0 amide bonds. The van der Waals surface area contributed by atoms with Gasteiger partial charge in [-0.05, 0) is 29.3 Å². The summed E-state index contributed by atoms with van der Waals surface area (Å²) in [6.45, 7) is 0.729. The predicted molar refractivity (Wildman–Crippen MR) is 114 cm³/mol. The van der Waals surface area contributed by atoms with Crippen LogP contribution < -0.4 is 0 Å². The minimum absolute atomic E-state index is 0.0358. The molecule has 4 heteroatoms. The van der Waals surface area contributed by atoms with Gasteiger partial charge in [0.05, 0.1) is 11.7 Å². The molecule has 1 atom stereocenters. The van der Waals surface area contributed by atoms with Crippen LogP contribution in [-0.4, -0.2) is 28.4 Å². The van der Waals surface area contributed by atoms with Gasteiger partial charge in [0.1, 0.15) is 6.61 Å². The molecule has 0 saturated heterocycles. The maximum Gasteiger partial charge on any atom is 0.338 e. The van der Waals surface area contributed by atoms with Crippen molar-refractivity contribution >= 4 is 16.9 Å². The van der Waals surface area contributed by atoms with Crippen molar-refractivity contribution in [2.45, 2.75) is 19.1 Å². The van der Waals surface area contributed by atoms with Crippen molar-refractivity contribution in [2.24, 2.45) is 0 Å². The van der Waals surface area contributed by atoms with E-state index >= 15 is 0 Å². The number of aliphatic hydroxyl groups is 1. The van der Waals surface area contributed by atoms with Gasteiger partial charge in [-0.25, -0.2) is 4.79 Å². The van der Waals surface area contributed by atoms with Crippen LogP contribution in [0.4, 0.5) is 0 Å². The Balaban J connectivity index is 1.47. The average Bonchev–Trinajstić information content (AvgIpc) is 3.10. The van der Waals surface area contributed by atoms with E-state index in [2.05, 4.69) is 35.0 Å². The minimum atomic E-state index is -0.765. The number of benzene rings is 3. The Morgan fingerprint density at radius 1 is 0.897 bits per heavy atom. The summed E-state index contributed by atoms with van der Waals surface area (Å²) in [6.07, 6.45) is 1.74. The number of hydrogen-bond donors (Lipinski definition) is 1. The first-order valence-electron chi connectivity index (χ1n) is 9.71. The monoisotopic (exact) mass is 385 g/mol. The molecule has 4 aromatic rings. The summed E-state index contributed by atoms with van der Waals surface area (Å²) < 4.78 is 7.48. The number of rotatable bonds is 7. The zero-order valence-electron chi connectivity index (χ0n) is 16.1. The van der Waals surface area contributed by atoms with Crippen LogP contribution in [0.3, 0.4) is 0 Å². The summed E-state index contributed by atoms with van der Waals surface area (Å²) >= 11 is 0. The summed E-state index contributed by atoms with van der Waals surface area (Å²) in [5, 5.41) is 11.6. The summed E-state index contributed by atoms with van der Waals surface area (Å²) in [6, 6.07) is 27.3. The summed E-state index contributed by atoms with van der Waals surface area (Å²) in [4.78, 5) is 12.1. The maximum atomic E-state index is 12.1. The molecule has 146 valence electrons. The van der Waals surface area contributed by atoms with Crippen molar-refractivity contribution in [3.05, 3.63) is 108 Å². The first kappa shape index (κ1) is 19.0. The zero-order chi connectivity index (χ0) is 20.1. The Labute approximate surface area is 170 Å². The smallest absolute Gasteiger partial charge is 0.338 e. The van der Waals surface area contributed by atoms with Crippen molar-refractivity contribution in [3.8, 4) is 0 Å². The molecule has 4 nitrogen and oxygen atoms in total. The lowest BCUT2D eigenvalue weighted by atomic mass is 10.1. The number of para-hydroxylation sites is 1. The second-order valence-electron chi connectivity index (χ2n) is 7.11. The Bertz CT molecular complexity index is 1090. The van der Waals surface area contributed by atoms with Gasteiger partial charge in [0.25, 0.3) is 0 Å². The molecule has 4 rings (SSSR count). The van der Waals surface area contributed by atoms with Crippen LogP contribution in [0.25, 0.3) is 10.9 Å². The molecule has 1 heterocycles. The maximum absolute atomic E-state index is 12.1. The minimum Gasteiger partial charge on any atom is -0.459 e. The Hall–Kier alpha value is -3.37. The molecule has 29 heavy (non-hydrogen) atoms. The lowest BCUT2D eigenvalue weighted by molar-refractivity contribution is 0.0259. The molecule has 0 aliphatic carbocycles. The molecule has 1 aromatic heterocycles. The fourth-order valence-electron chi connectivity index (χ4n) is 3.54. The first-order chi connectivity index (χ1) is 14.2. The number of carbonyl (C=O) groups excluding carboxylic acids is 1. The van der Waals surface area contributed by atoms with Gasteiger partial charge in [-0.3, -0.25) is 0 Å². The van der Waals surface area contributed by atoms with E-state index < -0.39 is 12.1 Å². The molecule has 0 aliphatic rings. The van der Waals surface area contributed by atoms with Gasteiger partial charge in [-0.1, -0.05) is 66.7 Å². The molecule has 1 N–H and O–H groups in total. The van der Waals surface area contributed by atoms with Crippen LogP contribution >= 0.6 is 0 Å². The van der Waals surface area contributed by atoms with E-state index in [4.69, 9.17) is 4.74 Å². The highest BCUT2D eigenvalue weighted by atomic mass is 16.5. The van der Waals surface area contributed by atoms with Gasteiger partial charge in [-0.15, -0.1) is 0 Å². The normalized spacial score (nSPS) is 12.0. The van der Waals surface area contributed by atoms with Crippen molar-refractivity contribution in [3.63, 3.8) is 0 Å². The van der Waals surface area contributed by atoms with Crippen LogP contribution in [0, 0.1) is 0 Å². The predicted octanol–water partition coefficient (Wildman–Crippen LogP) is 4.45. The van der Waals surface area contributed by atoms with Crippen LogP contribution in [0.2, 0.25) is 0 Å². The average molecular weight is 385 g/mol. The highest BCUT2D eigenvalue weighted by Crippen LogP contribution is 2.24. The Morgan fingerprint density at radius 2 is 1.55 bits per heavy atom. The number of hydrogen-bond acceptors (Lipinski definition) is 3. The topological polar surface area (TPSA) is 51.5 Å². The van der Waals surface area contributed by atoms with E-state index in [0.717, 1.165) is 23.0 Å². The quantitative estimate of drug-likeness (QED) is 0.478. The van der Waals surface area contributed by atoms with Crippen LogP contribution in [-0.2, 0) is 17.7 Å². The molecule has 0 saturated carbocycles. The van der Waals surface area contributed by atoms with Gasteiger partial charge in [0.15, 0.2) is 0 Å². The summed E-state index contributed by atoms with van der Waals surface area (Å²) in [5.74, 6) is -0.420. The number of aromatic nitrogens is 1. The third-order valence-electron chi connectivity index (χ3n) is 4.94. The number of fused-ring (bicyclic) bond motifs is 1. The van der Waals surface area contributed by atoms with Crippen LogP contribution in [0.1, 0.15) is 21.5 Å². The molecule has 1 unspecified atom stereocenters. The second kappa shape index (κ2) is 8.76. The molecule has 0 fully saturated rings. The molecule has 0 radical (unpaired) electrons. The van der Waals surface area contributed by atoms with Crippen molar-refractivity contribution in [2.75, 3.05) is 6.61 Å². The second-order valence-corrected chi connectivity index (χ2v) is 7.11. The summed E-state index contributed by atoms with van der Waals surface area (Å²) in [7, 11) is 0. The van der Waals surface area contributed by atoms with Gasteiger partial charge < -0.3 is 14.4 Å². The third kappa shape index (κ3) is 4.55. The number of nitrogens with zero attached hydrogens (tertiary/aromatic N) is 1. The zero-order valence-corrected chi connectivity index (χ0v) is 16.1. The Kier molecular flexibility index (Phi) is 5.73. The van der Waals surface area contributed by atoms with E-state index in [-0.39, 0.29) is 6.61 Å². The van der Waals surface area contributed by atoms with Crippen LogP contribution in [0.15, 0.2) is 91.1 Å². The van der Waals surface area contributed by atoms with Gasteiger partial charge in [-0.2, -0.15) is 0 Å². The van der Waals surface area contributed by atoms with E-state index in [9.17, 15) is 9.90 Å². The first-order valence-corrected chi connectivity index (χ1v) is 9.71.